The number of anilines is 2. The fraction of sp³-hybridized carbons (Fsp3) is 0.194. The summed E-state index contributed by atoms with van der Waals surface area (Å²) >= 11 is 0. The Morgan fingerprint density at radius 2 is 1.70 bits per heavy atom. The number of rotatable bonds is 4. The van der Waals surface area contributed by atoms with Gasteiger partial charge >= 0.3 is 18.2 Å². The van der Waals surface area contributed by atoms with E-state index in [4.69, 9.17) is 9.90 Å². The second-order valence-electron chi connectivity index (χ2n) is 9.89. The second kappa shape index (κ2) is 12.7. The Hall–Kier alpha value is -5.64. The molecule has 13 heteroatoms. The van der Waals surface area contributed by atoms with Crippen molar-refractivity contribution in [3.8, 4) is 11.8 Å². The molecule has 4 aromatic rings. The molecule has 2 aliphatic rings. The molecule has 0 radical (unpaired) electrons. The molecule has 224 valence electrons. The number of nitrogens with one attached hydrogen (secondary N) is 2. The number of halogens is 3. The molecule has 1 fully saturated rings. The molecule has 6 rings (SSSR count). The summed E-state index contributed by atoms with van der Waals surface area (Å²) in [5.74, 6) is 3.70. The standard InChI is InChI=1S/C29H24N6O2.C2HF3O2/c36-28(22-12-13-22)33-25-10-5-17-34-24(19-30-27(25)34)14-11-20-6-4-9-23(18-20)32-29(37)35-26(15-16-31-35)21-7-2-1-3-8-21;3-2(4,5)1(6)7/h1-10,16-19,22,26H,12-13,15H2,(H,32,37)(H,33,36);(H,6,7). The van der Waals surface area contributed by atoms with Crippen molar-refractivity contribution in [3.05, 3.63) is 95.9 Å². The molecule has 0 spiro atoms. The Morgan fingerprint density at radius 1 is 0.955 bits per heavy atom. The molecular weight excluding hydrogens is 577 g/mol. The number of alkyl halides is 3. The first-order valence-corrected chi connectivity index (χ1v) is 13.5. The van der Waals surface area contributed by atoms with Gasteiger partial charge in [0.1, 0.15) is 5.69 Å². The third-order valence-corrected chi connectivity index (χ3v) is 6.66. The zero-order valence-corrected chi connectivity index (χ0v) is 23.0. The number of hydrogen-bond acceptors (Lipinski definition) is 5. The first-order chi connectivity index (χ1) is 21.1. The van der Waals surface area contributed by atoms with Crippen LogP contribution < -0.4 is 10.6 Å². The molecule has 1 aliphatic carbocycles. The number of benzene rings is 2. The lowest BCUT2D eigenvalue weighted by molar-refractivity contribution is -0.192. The number of amides is 3. The SMILES string of the molecule is O=C(Nc1cccn2c(C#Cc3cccc(NC(=O)N4N=CCC4c4ccccc4)c3)cnc12)C1CC1.O=C(O)C(F)(F)F. The van der Waals surface area contributed by atoms with E-state index in [2.05, 4.69) is 32.6 Å². The van der Waals surface area contributed by atoms with E-state index in [0.29, 0.717) is 29.1 Å². The van der Waals surface area contributed by atoms with Crippen LogP contribution in [-0.2, 0) is 9.59 Å². The molecule has 0 bridgehead atoms. The molecule has 3 amide bonds. The van der Waals surface area contributed by atoms with Gasteiger partial charge in [-0.2, -0.15) is 18.3 Å². The number of nitrogens with zero attached hydrogens (tertiary/aromatic N) is 4. The lowest BCUT2D eigenvalue weighted by Gasteiger charge is -2.22. The van der Waals surface area contributed by atoms with E-state index >= 15 is 0 Å². The molecule has 3 heterocycles. The van der Waals surface area contributed by atoms with Gasteiger partial charge in [0, 0.05) is 36.0 Å². The van der Waals surface area contributed by atoms with Crippen molar-refractivity contribution in [1.82, 2.24) is 14.4 Å². The van der Waals surface area contributed by atoms with Crippen molar-refractivity contribution in [2.24, 2.45) is 11.0 Å². The maximum Gasteiger partial charge on any atom is 0.490 e. The highest BCUT2D eigenvalue weighted by molar-refractivity contribution is 5.97. The van der Waals surface area contributed by atoms with E-state index in [1.54, 1.807) is 12.4 Å². The zero-order chi connectivity index (χ0) is 31.3. The van der Waals surface area contributed by atoms with Crippen LogP contribution in [0, 0.1) is 17.8 Å². The molecule has 2 aromatic heterocycles. The van der Waals surface area contributed by atoms with Crippen molar-refractivity contribution in [2.75, 3.05) is 10.6 Å². The minimum Gasteiger partial charge on any atom is -0.475 e. The lowest BCUT2D eigenvalue weighted by Crippen LogP contribution is -2.31. The highest BCUT2D eigenvalue weighted by Crippen LogP contribution is 2.31. The van der Waals surface area contributed by atoms with Crippen molar-refractivity contribution in [1.29, 1.82) is 0 Å². The van der Waals surface area contributed by atoms with Gasteiger partial charge in [0.05, 0.1) is 17.9 Å². The van der Waals surface area contributed by atoms with E-state index in [9.17, 15) is 22.8 Å². The molecule has 44 heavy (non-hydrogen) atoms. The Morgan fingerprint density at radius 3 is 2.41 bits per heavy atom. The zero-order valence-electron chi connectivity index (χ0n) is 23.0. The highest BCUT2D eigenvalue weighted by Gasteiger charge is 2.38. The summed E-state index contributed by atoms with van der Waals surface area (Å²) in [7, 11) is 0. The number of carbonyl (C=O) groups excluding carboxylic acids is 2. The number of urea groups is 1. The number of carboxylic acid groups (broad SMARTS) is 1. The molecule has 10 nitrogen and oxygen atoms in total. The Balaban J connectivity index is 0.000000493. The third kappa shape index (κ3) is 7.22. The smallest absolute Gasteiger partial charge is 0.475 e. The van der Waals surface area contributed by atoms with Crippen LogP contribution in [0.25, 0.3) is 5.65 Å². The lowest BCUT2D eigenvalue weighted by atomic mass is 10.1. The van der Waals surface area contributed by atoms with Gasteiger partial charge in [0.25, 0.3) is 0 Å². The summed E-state index contributed by atoms with van der Waals surface area (Å²) in [6, 6.07) is 20.5. The quantitative estimate of drug-likeness (QED) is 0.259. The highest BCUT2D eigenvalue weighted by atomic mass is 19.4. The van der Waals surface area contributed by atoms with E-state index in [-0.39, 0.29) is 23.9 Å². The minimum atomic E-state index is -5.08. The molecule has 1 atom stereocenters. The maximum absolute atomic E-state index is 13.0. The van der Waals surface area contributed by atoms with Crippen LogP contribution in [0.5, 0.6) is 0 Å². The molecule has 3 N–H and O–H groups in total. The summed E-state index contributed by atoms with van der Waals surface area (Å²) < 4.78 is 33.6. The summed E-state index contributed by atoms with van der Waals surface area (Å²) in [4.78, 5) is 38.5. The van der Waals surface area contributed by atoms with Crippen LogP contribution in [-0.4, -0.2) is 49.8 Å². The predicted octanol–water partition coefficient (Wildman–Crippen LogP) is 5.68. The average Bonchev–Trinajstić information content (AvgIpc) is 3.59. The first-order valence-electron chi connectivity index (χ1n) is 13.5. The van der Waals surface area contributed by atoms with E-state index in [1.165, 1.54) is 5.01 Å². The van der Waals surface area contributed by atoms with E-state index in [0.717, 1.165) is 24.0 Å². The molecule has 1 unspecified atom stereocenters. The van der Waals surface area contributed by atoms with Crippen molar-refractivity contribution < 1.29 is 32.7 Å². The third-order valence-electron chi connectivity index (χ3n) is 6.66. The maximum atomic E-state index is 13.0. The number of aliphatic carboxylic acids is 1. The summed E-state index contributed by atoms with van der Waals surface area (Å²) in [6.45, 7) is 0. The second-order valence-corrected chi connectivity index (χ2v) is 9.89. The number of aromatic nitrogens is 2. The van der Waals surface area contributed by atoms with E-state index in [1.807, 2.05) is 77.3 Å². The number of carbonyl (C=O) groups is 3. The molecule has 1 saturated carbocycles. The van der Waals surface area contributed by atoms with Crippen LogP contribution in [0.2, 0.25) is 0 Å². The number of imidazole rings is 1. The van der Waals surface area contributed by atoms with Gasteiger partial charge in [-0.15, -0.1) is 0 Å². The Bertz CT molecular complexity index is 1790. The topological polar surface area (TPSA) is 128 Å². The van der Waals surface area contributed by atoms with Gasteiger partial charge in [-0.05, 0) is 54.7 Å². The molecule has 2 aromatic carbocycles. The molecular formula is C31H25F3N6O4. The number of fused-ring (bicyclic) bond motifs is 1. The van der Waals surface area contributed by atoms with Crippen molar-refractivity contribution >= 4 is 41.1 Å². The summed E-state index contributed by atoms with van der Waals surface area (Å²) in [6.07, 6.45) is 2.80. The Labute approximate surface area is 249 Å². The van der Waals surface area contributed by atoms with Crippen molar-refractivity contribution in [2.45, 2.75) is 31.5 Å². The number of pyridine rings is 1. The van der Waals surface area contributed by atoms with Gasteiger partial charge < -0.3 is 15.7 Å². The van der Waals surface area contributed by atoms with Gasteiger partial charge in [0.15, 0.2) is 5.65 Å². The number of hydrogen-bond donors (Lipinski definition) is 3. The largest absolute Gasteiger partial charge is 0.490 e. The van der Waals surface area contributed by atoms with Gasteiger partial charge in [0.2, 0.25) is 5.91 Å². The van der Waals surface area contributed by atoms with Crippen LogP contribution >= 0.6 is 0 Å². The molecule has 1 aliphatic heterocycles. The Kier molecular flexibility index (Phi) is 8.61. The van der Waals surface area contributed by atoms with Crippen molar-refractivity contribution in [3.63, 3.8) is 0 Å². The predicted molar refractivity (Wildman–Crippen MR) is 156 cm³/mol. The van der Waals surface area contributed by atoms with Crippen LogP contribution in [0.4, 0.5) is 29.3 Å². The number of hydrazone groups is 1. The fourth-order valence-electron chi connectivity index (χ4n) is 4.33. The molecule has 0 saturated heterocycles. The normalized spacial score (nSPS) is 15.5. The summed E-state index contributed by atoms with van der Waals surface area (Å²) in [5, 5.41) is 18.8. The first kappa shape index (κ1) is 29.8. The van der Waals surface area contributed by atoms with Crippen LogP contribution in [0.15, 0.2) is 84.2 Å². The number of carboxylic acids is 1. The van der Waals surface area contributed by atoms with E-state index < -0.39 is 12.1 Å². The van der Waals surface area contributed by atoms with Crippen LogP contribution in [0.3, 0.4) is 0 Å². The van der Waals surface area contributed by atoms with Gasteiger partial charge in [-0.25, -0.2) is 19.6 Å². The fourth-order valence-corrected chi connectivity index (χ4v) is 4.33. The summed E-state index contributed by atoms with van der Waals surface area (Å²) in [5.41, 5.74) is 4.45. The van der Waals surface area contributed by atoms with Gasteiger partial charge in [-0.3, -0.25) is 9.20 Å². The van der Waals surface area contributed by atoms with Crippen LogP contribution in [0.1, 0.15) is 42.1 Å². The monoisotopic (exact) mass is 602 g/mol. The average molecular weight is 603 g/mol. The van der Waals surface area contributed by atoms with Gasteiger partial charge in [-0.1, -0.05) is 42.3 Å². The minimum absolute atomic E-state index is 0.0392.